The molecule has 25 heavy (non-hydrogen) atoms. The van der Waals surface area contributed by atoms with Gasteiger partial charge in [-0.15, -0.1) is 0 Å². The molecule has 134 valence electrons. The van der Waals surface area contributed by atoms with E-state index in [2.05, 4.69) is 5.32 Å². The second-order valence-corrected chi connectivity index (χ2v) is 7.01. The summed E-state index contributed by atoms with van der Waals surface area (Å²) in [6.45, 7) is 5.92. The van der Waals surface area contributed by atoms with E-state index >= 15 is 0 Å². The third-order valence-electron chi connectivity index (χ3n) is 3.83. The normalized spacial score (nSPS) is 13.8. The van der Waals surface area contributed by atoms with Crippen molar-refractivity contribution in [3.63, 3.8) is 0 Å². The zero-order valence-electron chi connectivity index (χ0n) is 14.8. The Balaban J connectivity index is 2.03. The smallest absolute Gasteiger partial charge is 0.255 e. The summed E-state index contributed by atoms with van der Waals surface area (Å²) in [7, 11) is 0. The number of benzene rings is 2. The fraction of sp³-hybridized carbons (Fsp3) is 0.350. The number of amides is 1. The average Bonchev–Trinajstić information content (AvgIpc) is 2.57. The lowest BCUT2D eigenvalue weighted by Gasteiger charge is -2.34. The summed E-state index contributed by atoms with van der Waals surface area (Å²) >= 11 is 0. The van der Waals surface area contributed by atoms with Crippen LogP contribution < -0.4 is 10.1 Å². The number of phenols is 1. The molecule has 2 aromatic carbocycles. The topological polar surface area (TPSA) is 78.8 Å². The Morgan fingerprint density at radius 1 is 1.08 bits per heavy atom. The van der Waals surface area contributed by atoms with E-state index < -0.39 is 18.1 Å². The SMILES string of the molecule is CC(C)(C)C(Oc1ccccc1)C(O)CNC(=O)c1ccccc1O. The van der Waals surface area contributed by atoms with Crippen LogP contribution in [0.5, 0.6) is 11.5 Å². The first-order chi connectivity index (χ1) is 11.8. The van der Waals surface area contributed by atoms with Crippen molar-refractivity contribution in [3.05, 3.63) is 60.2 Å². The van der Waals surface area contributed by atoms with Crippen molar-refractivity contribution in [1.82, 2.24) is 5.32 Å². The van der Waals surface area contributed by atoms with E-state index in [-0.39, 0.29) is 23.3 Å². The van der Waals surface area contributed by atoms with Gasteiger partial charge in [0.25, 0.3) is 5.91 Å². The molecule has 2 unspecified atom stereocenters. The largest absolute Gasteiger partial charge is 0.507 e. The van der Waals surface area contributed by atoms with Crippen LogP contribution in [-0.4, -0.2) is 34.9 Å². The number of aromatic hydroxyl groups is 1. The molecule has 0 aliphatic rings. The summed E-state index contributed by atoms with van der Waals surface area (Å²) in [5.74, 6) is 0.125. The van der Waals surface area contributed by atoms with E-state index in [0.29, 0.717) is 5.75 Å². The summed E-state index contributed by atoms with van der Waals surface area (Å²) in [5, 5.41) is 22.9. The molecule has 0 fully saturated rings. The zero-order chi connectivity index (χ0) is 18.4. The molecule has 0 bridgehead atoms. The summed E-state index contributed by atoms with van der Waals surface area (Å²) in [6, 6.07) is 15.6. The highest BCUT2D eigenvalue weighted by atomic mass is 16.5. The quantitative estimate of drug-likeness (QED) is 0.753. The molecule has 2 atom stereocenters. The van der Waals surface area contributed by atoms with E-state index in [0.717, 1.165) is 0 Å². The van der Waals surface area contributed by atoms with E-state index in [1.54, 1.807) is 12.1 Å². The van der Waals surface area contributed by atoms with Crippen molar-refractivity contribution in [1.29, 1.82) is 0 Å². The number of aliphatic hydroxyl groups is 1. The Kier molecular flexibility index (Phi) is 6.04. The minimum absolute atomic E-state index is 0.0158. The fourth-order valence-electron chi connectivity index (χ4n) is 2.54. The van der Waals surface area contributed by atoms with Crippen LogP contribution in [0.1, 0.15) is 31.1 Å². The van der Waals surface area contributed by atoms with Gasteiger partial charge in [-0.3, -0.25) is 4.79 Å². The van der Waals surface area contributed by atoms with Gasteiger partial charge in [-0.05, 0) is 24.3 Å². The fourth-order valence-corrected chi connectivity index (χ4v) is 2.54. The lowest BCUT2D eigenvalue weighted by Crippen LogP contribution is -2.48. The molecule has 0 aliphatic carbocycles. The zero-order valence-corrected chi connectivity index (χ0v) is 14.8. The Bertz CT molecular complexity index is 694. The van der Waals surface area contributed by atoms with Crippen LogP contribution in [0.3, 0.4) is 0 Å². The highest BCUT2D eigenvalue weighted by Gasteiger charge is 2.33. The molecule has 2 rings (SSSR count). The van der Waals surface area contributed by atoms with Crippen LogP contribution in [0, 0.1) is 5.41 Å². The maximum atomic E-state index is 12.2. The molecule has 5 nitrogen and oxygen atoms in total. The van der Waals surface area contributed by atoms with E-state index in [9.17, 15) is 15.0 Å². The van der Waals surface area contributed by atoms with Crippen LogP contribution in [0.15, 0.2) is 54.6 Å². The molecule has 0 aliphatic heterocycles. The maximum absolute atomic E-state index is 12.2. The maximum Gasteiger partial charge on any atom is 0.255 e. The third kappa shape index (κ3) is 5.22. The standard InChI is InChI=1S/C20H25NO4/c1-20(2,3)18(25-14-9-5-4-6-10-14)17(23)13-21-19(24)15-11-7-8-12-16(15)22/h4-12,17-18,22-23H,13H2,1-3H3,(H,21,24). The molecule has 0 saturated carbocycles. The number of nitrogens with one attached hydrogen (secondary N) is 1. The van der Waals surface area contributed by atoms with E-state index in [1.807, 2.05) is 51.1 Å². The average molecular weight is 343 g/mol. The monoisotopic (exact) mass is 343 g/mol. The molecule has 2 aromatic rings. The molecule has 5 heteroatoms. The minimum atomic E-state index is -0.907. The van der Waals surface area contributed by atoms with Crippen LogP contribution >= 0.6 is 0 Å². The summed E-state index contributed by atoms with van der Waals surface area (Å²) < 4.78 is 5.95. The number of para-hydroxylation sites is 2. The molecule has 0 spiro atoms. The molecular formula is C20H25NO4. The van der Waals surface area contributed by atoms with Gasteiger partial charge in [-0.2, -0.15) is 0 Å². The van der Waals surface area contributed by atoms with Crippen LogP contribution in [0.2, 0.25) is 0 Å². The van der Waals surface area contributed by atoms with Gasteiger partial charge in [0.1, 0.15) is 23.7 Å². The van der Waals surface area contributed by atoms with Crippen molar-refractivity contribution in [3.8, 4) is 11.5 Å². The van der Waals surface area contributed by atoms with Gasteiger partial charge < -0.3 is 20.3 Å². The van der Waals surface area contributed by atoms with Crippen molar-refractivity contribution in [2.45, 2.75) is 33.0 Å². The van der Waals surface area contributed by atoms with Crippen molar-refractivity contribution in [2.24, 2.45) is 5.41 Å². The Hall–Kier alpha value is -2.53. The Labute approximate surface area is 148 Å². The summed E-state index contributed by atoms with van der Waals surface area (Å²) in [6.07, 6.45) is -1.42. The van der Waals surface area contributed by atoms with Gasteiger partial charge in [0.05, 0.1) is 5.56 Å². The molecule has 0 saturated heterocycles. The van der Waals surface area contributed by atoms with Crippen LogP contribution in [0.4, 0.5) is 0 Å². The van der Waals surface area contributed by atoms with Crippen LogP contribution in [0.25, 0.3) is 0 Å². The Morgan fingerprint density at radius 3 is 2.28 bits per heavy atom. The predicted octanol–water partition coefficient (Wildman–Crippen LogP) is 2.98. The lowest BCUT2D eigenvalue weighted by molar-refractivity contribution is -0.0251. The van der Waals surface area contributed by atoms with E-state index in [4.69, 9.17) is 4.74 Å². The second-order valence-electron chi connectivity index (χ2n) is 7.01. The lowest BCUT2D eigenvalue weighted by atomic mass is 9.85. The number of carbonyl (C=O) groups excluding carboxylic acids is 1. The number of rotatable bonds is 6. The van der Waals surface area contributed by atoms with Gasteiger partial charge in [0.15, 0.2) is 0 Å². The highest BCUT2D eigenvalue weighted by molar-refractivity contribution is 5.96. The van der Waals surface area contributed by atoms with Crippen molar-refractivity contribution >= 4 is 5.91 Å². The van der Waals surface area contributed by atoms with Gasteiger partial charge in [-0.25, -0.2) is 0 Å². The predicted molar refractivity (Wildman–Crippen MR) is 96.8 cm³/mol. The Morgan fingerprint density at radius 2 is 1.68 bits per heavy atom. The number of phenolic OH excluding ortho intramolecular Hbond substituents is 1. The number of aliphatic hydroxyl groups excluding tert-OH is 1. The van der Waals surface area contributed by atoms with Gasteiger partial charge >= 0.3 is 0 Å². The molecule has 1 amide bonds. The highest BCUT2D eigenvalue weighted by Crippen LogP contribution is 2.27. The number of hydrogen-bond acceptors (Lipinski definition) is 4. The number of ether oxygens (including phenoxy) is 1. The molecular weight excluding hydrogens is 318 g/mol. The van der Waals surface area contributed by atoms with Crippen molar-refractivity contribution in [2.75, 3.05) is 6.54 Å². The van der Waals surface area contributed by atoms with Crippen molar-refractivity contribution < 1.29 is 19.7 Å². The second kappa shape index (κ2) is 8.03. The summed E-state index contributed by atoms with van der Waals surface area (Å²) in [5.41, 5.74) is -0.166. The first kappa shape index (κ1) is 18.8. The molecule has 3 N–H and O–H groups in total. The molecule has 0 radical (unpaired) electrons. The third-order valence-corrected chi connectivity index (χ3v) is 3.83. The molecule has 0 heterocycles. The number of carbonyl (C=O) groups is 1. The van der Waals surface area contributed by atoms with Gasteiger partial charge in [-0.1, -0.05) is 51.1 Å². The van der Waals surface area contributed by atoms with Gasteiger partial charge in [0.2, 0.25) is 0 Å². The summed E-state index contributed by atoms with van der Waals surface area (Å²) in [4.78, 5) is 12.2. The number of hydrogen-bond donors (Lipinski definition) is 3. The van der Waals surface area contributed by atoms with Gasteiger partial charge in [0, 0.05) is 12.0 Å². The minimum Gasteiger partial charge on any atom is -0.507 e. The first-order valence-electron chi connectivity index (χ1n) is 8.25. The van der Waals surface area contributed by atoms with Crippen LogP contribution in [-0.2, 0) is 0 Å². The first-order valence-corrected chi connectivity index (χ1v) is 8.25. The van der Waals surface area contributed by atoms with E-state index in [1.165, 1.54) is 12.1 Å². The molecule has 0 aromatic heterocycles.